The topological polar surface area (TPSA) is 95.9 Å². The van der Waals surface area contributed by atoms with Crippen LogP contribution in [0.15, 0.2) is 12.1 Å². The smallest absolute Gasteiger partial charge is 0.312 e. The van der Waals surface area contributed by atoms with Gasteiger partial charge in [-0.1, -0.05) is 48.7 Å². The number of phenolic OH excluding ortho intramolecular Hbond substituents is 1. The number of hydrogen-bond donors (Lipinski definition) is 3. The van der Waals surface area contributed by atoms with E-state index in [2.05, 4.69) is 5.32 Å². The van der Waals surface area contributed by atoms with E-state index in [0.717, 1.165) is 5.56 Å². The summed E-state index contributed by atoms with van der Waals surface area (Å²) in [6.07, 6.45) is 0.477. The van der Waals surface area contributed by atoms with Gasteiger partial charge in [0.1, 0.15) is 22.9 Å². The summed E-state index contributed by atoms with van der Waals surface area (Å²) < 4.78 is 5.98. The minimum Gasteiger partial charge on any atom is -0.507 e. The first-order valence-corrected chi connectivity index (χ1v) is 9.95. The molecule has 0 aromatic heterocycles. The fourth-order valence-corrected chi connectivity index (χ4v) is 3.61. The zero-order valence-corrected chi connectivity index (χ0v) is 18.3. The quantitative estimate of drug-likeness (QED) is 0.348. The molecule has 0 fully saturated rings. The van der Waals surface area contributed by atoms with Crippen molar-refractivity contribution < 1.29 is 24.5 Å². The van der Waals surface area contributed by atoms with Gasteiger partial charge in [0.2, 0.25) is 5.91 Å². The first kappa shape index (κ1) is 23.1. The van der Waals surface area contributed by atoms with Gasteiger partial charge in [-0.15, -0.1) is 0 Å². The van der Waals surface area contributed by atoms with Crippen molar-refractivity contribution in [2.24, 2.45) is 0 Å². The van der Waals surface area contributed by atoms with E-state index in [1.807, 2.05) is 13.8 Å². The van der Waals surface area contributed by atoms with Crippen LogP contribution < -0.4 is 10.1 Å². The summed E-state index contributed by atoms with van der Waals surface area (Å²) >= 11 is 18.9. The Morgan fingerprint density at radius 2 is 1.76 bits per heavy atom. The van der Waals surface area contributed by atoms with Crippen molar-refractivity contribution in [1.82, 2.24) is 0 Å². The molecule has 0 spiro atoms. The maximum atomic E-state index is 11.7. The minimum absolute atomic E-state index is 0.0318. The van der Waals surface area contributed by atoms with E-state index in [-0.39, 0.29) is 32.3 Å². The molecule has 6 nitrogen and oxygen atoms in total. The zero-order valence-electron chi connectivity index (χ0n) is 16.0. The number of aryl methyl sites for hydroxylation is 1. The molecule has 2 rings (SSSR count). The van der Waals surface area contributed by atoms with Crippen LogP contribution in [-0.4, -0.2) is 22.1 Å². The number of rotatable bonds is 7. The van der Waals surface area contributed by atoms with Gasteiger partial charge in [-0.2, -0.15) is 0 Å². The first-order valence-electron chi connectivity index (χ1n) is 8.81. The van der Waals surface area contributed by atoms with Gasteiger partial charge in [0.05, 0.1) is 15.7 Å². The molecule has 29 heavy (non-hydrogen) atoms. The van der Waals surface area contributed by atoms with Crippen molar-refractivity contribution in [3.05, 3.63) is 43.9 Å². The summed E-state index contributed by atoms with van der Waals surface area (Å²) in [5, 5.41) is 21.4. The van der Waals surface area contributed by atoms with Crippen LogP contribution in [0, 0.1) is 6.92 Å². The van der Waals surface area contributed by atoms with E-state index in [1.54, 1.807) is 13.0 Å². The van der Waals surface area contributed by atoms with E-state index in [9.17, 15) is 14.7 Å². The van der Waals surface area contributed by atoms with Gasteiger partial charge in [0.25, 0.3) is 0 Å². The number of ether oxygens (including phenoxy) is 1. The van der Waals surface area contributed by atoms with E-state index in [4.69, 9.17) is 44.6 Å². The number of hydrogen-bond acceptors (Lipinski definition) is 4. The maximum Gasteiger partial charge on any atom is 0.312 e. The summed E-state index contributed by atoms with van der Waals surface area (Å²) in [5.41, 5.74) is 2.29. The van der Waals surface area contributed by atoms with Crippen molar-refractivity contribution in [2.45, 2.75) is 40.0 Å². The van der Waals surface area contributed by atoms with Gasteiger partial charge in [0, 0.05) is 5.56 Å². The molecule has 0 radical (unpaired) electrons. The van der Waals surface area contributed by atoms with Crippen LogP contribution in [0.5, 0.6) is 17.2 Å². The third kappa shape index (κ3) is 5.07. The second kappa shape index (κ2) is 9.57. The predicted molar refractivity (Wildman–Crippen MR) is 114 cm³/mol. The second-order valence-corrected chi connectivity index (χ2v) is 7.44. The highest BCUT2D eigenvalue weighted by atomic mass is 35.5. The van der Waals surface area contributed by atoms with Crippen LogP contribution in [0.25, 0.3) is 0 Å². The third-order valence-electron chi connectivity index (χ3n) is 4.36. The number of carboxylic acid groups (broad SMARTS) is 1. The number of carbonyl (C=O) groups is 2. The molecule has 0 aliphatic carbocycles. The molecule has 2 aromatic rings. The molecule has 2 aromatic carbocycles. The number of amides is 1. The molecule has 0 unspecified atom stereocenters. The van der Waals surface area contributed by atoms with Crippen molar-refractivity contribution in [3.8, 4) is 17.2 Å². The Bertz CT molecular complexity index is 976. The van der Waals surface area contributed by atoms with E-state index in [0.29, 0.717) is 29.7 Å². The molecular weight excluding hydrogens is 441 g/mol. The lowest BCUT2D eigenvalue weighted by Crippen LogP contribution is -2.16. The van der Waals surface area contributed by atoms with E-state index >= 15 is 0 Å². The molecule has 0 heterocycles. The van der Waals surface area contributed by atoms with Gasteiger partial charge in [-0.25, -0.2) is 0 Å². The Labute approximate surface area is 183 Å². The normalized spacial score (nSPS) is 10.7. The third-order valence-corrected chi connectivity index (χ3v) is 5.49. The van der Waals surface area contributed by atoms with Crippen molar-refractivity contribution in [1.29, 1.82) is 0 Å². The molecule has 0 atom stereocenters. The second-order valence-electron chi connectivity index (χ2n) is 6.28. The summed E-state index contributed by atoms with van der Waals surface area (Å²) in [4.78, 5) is 22.4. The maximum absolute atomic E-state index is 11.7. The predicted octanol–water partition coefficient (Wildman–Crippen LogP) is 5.99. The van der Waals surface area contributed by atoms with Gasteiger partial charge < -0.3 is 20.3 Å². The van der Waals surface area contributed by atoms with Gasteiger partial charge >= 0.3 is 5.97 Å². The SMILES string of the molecule is CCc1cc(Oc2c(Cl)cc(NC(=O)CC(=O)O)c(Cl)c2Cl)c(CC)c(C)c1O. The van der Waals surface area contributed by atoms with E-state index in [1.165, 1.54) is 6.07 Å². The highest BCUT2D eigenvalue weighted by molar-refractivity contribution is 6.46. The number of aromatic hydroxyl groups is 1. The Hall–Kier alpha value is -2.15. The Kier molecular flexibility index (Phi) is 7.63. The molecule has 0 saturated heterocycles. The minimum atomic E-state index is -1.28. The summed E-state index contributed by atoms with van der Waals surface area (Å²) in [6, 6.07) is 3.06. The zero-order chi connectivity index (χ0) is 21.9. The number of nitrogens with one attached hydrogen (secondary N) is 1. The molecule has 9 heteroatoms. The van der Waals surface area contributed by atoms with Crippen LogP contribution in [-0.2, 0) is 22.4 Å². The molecular formula is C20H20Cl3NO5. The number of carbonyl (C=O) groups excluding carboxylic acids is 1. The largest absolute Gasteiger partial charge is 0.507 e. The average Bonchev–Trinajstić information content (AvgIpc) is 2.65. The van der Waals surface area contributed by atoms with Crippen molar-refractivity contribution in [2.75, 3.05) is 5.32 Å². The van der Waals surface area contributed by atoms with Crippen LogP contribution in [0.3, 0.4) is 0 Å². The lowest BCUT2D eigenvalue weighted by molar-refractivity contribution is -0.139. The molecule has 1 amide bonds. The van der Waals surface area contributed by atoms with Crippen LogP contribution >= 0.6 is 34.8 Å². The lowest BCUT2D eigenvalue weighted by atomic mass is 9.99. The van der Waals surface area contributed by atoms with Crippen LogP contribution in [0.4, 0.5) is 5.69 Å². The molecule has 0 aliphatic rings. The number of halogens is 3. The Morgan fingerprint density at radius 1 is 1.10 bits per heavy atom. The molecule has 0 saturated carbocycles. The molecule has 3 N–H and O–H groups in total. The average molecular weight is 461 g/mol. The van der Waals surface area contributed by atoms with E-state index < -0.39 is 18.3 Å². The monoisotopic (exact) mass is 459 g/mol. The molecule has 0 bridgehead atoms. The summed E-state index contributed by atoms with van der Waals surface area (Å²) in [5.74, 6) is -1.24. The highest BCUT2D eigenvalue weighted by Gasteiger charge is 2.21. The van der Waals surface area contributed by atoms with Crippen molar-refractivity contribution >= 4 is 52.4 Å². The summed E-state index contributed by atoms with van der Waals surface area (Å²) in [7, 11) is 0. The molecule has 0 aliphatic heterocycles. The van der Waals surface area contributed by atoms with Crippen molar-refractivity contribution in [3.63, 3.8) is 0 Å². The van der Waals surface area contributed by atoms with Crippen LogP contribution in [0.1, 0.15) is 37.0 Å². The lowest BCUT2D eigenvalue weighted by Gasteiger charge is -2.19. The first-order chi connectivity index (χ1) is 13.6. The molecule has 156 valence electrons. The van der Waals surface area contributed by atoms with Gasteiger partial charge in [0.15, 0.2) is 5.75 Å². The number of anilines is 1. The highest BCUT2D eigenvalue weighted by Crippen LogP contribution is 2.46. The van der Waals surface area contributed by atoms with Gasteiger partial charge in [-0.3, -0.25) is 9.59 Å². The van der Waals surface area contributed by atoms with Gasteiger partial charge in [-0.05, 0) is 43.0 Å². The summed E-state index contributed by atoms with van der Waals surface area (Å²) in [6.45, 7) is 5.64. The number of benzene rings is 2. The number of aliphatic carboxylic acids is 1. The fraction of sp³-hybridized carbons (Fsp3) is 0.300. The van der Waals surface area contributed by atoms with Crippen LogP contribution in [0.2, 0.25) is 15.1 Å². The number of carboxylic acids is 1. The fourth-order valence-electron chi connectivity index (χ4n) is 2.89. The number of phenols is 1. The standard InChI is InChI=1S/C20H20Cl3NO5/c1-4-10-6-14(11(5-2)9(3)19(10)28)29-20-12(21)7-13(17(22)18(20)23)24-15(25)8-16(26)27/h6-7,28H,4-5,8H2,1-3H3,(H,24,25)(H,26,27). The Balaban J connectivity index is 2.47. The Morgan fingerprint density at radius 3 is 2.31 bits per heavy atom.